The van der Waals surface area contributed by atoms with Crippen LogP contribution < -0.4 is 15.4 Å². The van der Waals surface area contributed by atoms with Gasteiger partial charge < -0.3 is 35.1 Å². The molecule has 0 radical (unpaired) electrons. The van der Waals surface area contributed by atoms with Crippen LogP contribution in [-0.4, -0.2) is 92.1 Å². The SMILES string of the molecule is CCCOc1cc(S(C)(=O)=O)ccc1NCC#Cc1cc2c(NC3CCN(CC(O)CO)CC3)cccc2n1CC(F)(F)F. The van der Waals surface area contributed by atoms with Gasteiger partial charge in [-0.1, -0.05) is 18.9 Å². The fourth-order valence-electron chi connectivity index (χ4n) is 5.18. The molecule has 1 unspecified atom stereocenters. The van der Waals surface area contributed by atoms with Crippen molar-refractivity contribution in [2.24, 2.45) is 0 Å². The van der Waals surface area contributed by atoms with Gasteiger partial charge in [0.15, 0.2) is 9.84 Å². The summed E-state index contributed by atoms with van der Waals surface area (Å²) in [6.45, 7) is 2.77. The van der Waals surface area contributed by atoms with Crippen molar-refractivity contribution < 1.29 is 36.5 Å². The molecule has 3 aromatic rings. The molecule has 1 aliphatic rings. The number of aliphatic hydroxyl groups excluding tert-OH is 2. The van der Waals surface area contributed by atoms with Crippen LogP contribution in [-0.2, 0) is 16.4 Å². The zero-order valence-electron chi connectivity index (χ0n) is 24.8. The number of halogens is 3. The smallest absolute Gasteiger partial charge is 0.406 e. The molecule has 1 fully saturated rings. The Morgan fingerprint density at radius 3 is 2.55 bits per heavy atom. The lowest BCUT2D eigenvalue weighted by Gasteiger charge is -2.33. The molecule has 1 aromatic heterocycles. The molecular weight excluding hydrogens is 597 g/mol. The third-order valence-corrected chi connectivity index (χ3v) is 8.45. The van der Waals surface area contributed by atoms with E-state index in [-0.39, 0.29) is 29.8 Å². The third-order valence-electron chi connectivity index (χ3n) is 7.34. The summed E-state index contributed by atoms with van der Waals surface area (Å²) in [5.41, 5.74) is 1.89. The van der Waals surface area contributed by atoms with E-state index in [9.17, 15) is 26.7 Å². The third kappa shape index (κ3) is 9.04. The zero-order chi connectivity index (χ0) is 31.9. The van der Waals surface area contributed by atoms with Crippen molar-refractivity contribution in [3.05, 3.63) is 48.2 Å². The van der Waals surface area contributed by atoms with E-state index < -0.39 is 28.7 Å². The summed E-state index contributed by atoms with van der Waals surface area (Å²) in [5.74, 6) is 6.15. The highest BCUT2D eigenvalue weighted by atomic mass is 32.2. The topological polar surface area (TPSA) is 116 Å². The van der Waals surface area contributed by atoms with Gasteiger partial charge in [-0.3, -0.25) is 0 Å². The maximum atomic E-state index is 13.6. The molecule has 240 valence electrons. The molecule has 0 aliphatic carbocycles. The van der Waals surface area contributed by atoms with Crippen molar-refractivity contribution in [1.82, 2.24) is 9.47 Å². The fraction of sp³-hybridized carbons (Fsp3) is 0.484. The van der Waals surface area contributed by atoms with Crippen molar-refractivity contribution in [3.63, 3.8) is 0 Å². The normalized spacial score (nSPS) is 15.5. The molecule has 4 N–H and O–H groups in total. The molecule has 0 saturated carbocycles. The molecule has 44 heavy (non-hydrogen) atoms. The van der Waals surface area contributed by atoms with Crippen LogP contribution in [0.1, 0.15) is 31.9 Å². The predicted molar refractivity (Wildman–Crippen MR) is 165 cm³/mol. The molecule has 13 heteroatoms. The number of aromatic nitrogens is 1. The molecule has 0 amide bonds. The van der Waals surface area contributed by atoms with Crippen LogP contribution in [0.3, 0.4) is 0 Å². The number of anilines is 2. The van der Waals surface area contributed by atoms with E-state index in [0.29, 0.717) is 35.5 Å². The minimum absolute atomic E-state index is 0.0862. The maximum absolute atomic E-state index is 13.6. The summed E-state index contributed by atoms with van der Waals surface area (Å²) < 4.78 is 71.8. The summed E-state index contributed by atoms with van der Waals surface area (Å²) >= 11 is 0. The van der Waals surface area contributed by atoms with E-state index in [2.05, 4.69) is 27.4 Å². The first kappa shape index (κ1) is 33.5. The van der Waals surface area contributed by atoms with Gasteiger partial charge in [0.2, 0.25) is 0 Å². The van der Waals surface area contributed by atoms with Crippen LogP contribution >= 0.6 is 0 Å². The molecule has 0 bridgehead atoms. The number of hydrogen-bond acceptors (Lipinski definition) is 8. The van der Waals surface area contributed by atoms with Gasteiger partial charge in [0, 0.05) is 49.1 Å². The number of nitrogens with zero attached hydrogens (tertiary/aromatic N) is 2. The highest BCUT2D eigenvalue weighted by Gasteiger charge is 2.30. The molecule has 1 atom stereocenters. The Balaban J connectivity index is 1.54. The van der Waals surface area contributed by atoms with Gasteiger partial charge in [0.25, 0.3) is 0 Å². The minimum atomic E-state index is -4.46. The second-order valence-corrected chi connectivity index (χ2v) is 13.0. The number of rotatable bonds is 12. The summed E-state index contributed by atoms with van der Waals surface area (Å²) in [6, 6.07) is 11.5. The van der Waals surface area contributed by atoms with Gasteiger partial charge in [-0.2, -0.15) is 13.2 Å². The minimum Gasteiger partial charge on any atom is -0.491 e. The lowest BCUT2D eigenvalue weighted by molar-refractivity contribution is -0.140. The van der Waals surface area contributed by atoms with E-state index in [1.165, 1.54) is 16.7 Å². The zero-order valence-corrected chi connectivity index (χ0v) is 25.6. The molecular formula is C31H39F3N4O5S. The van der Waals surface area contributed by atoms with Crippen LogP contribution in [0, 0.1) is 11.8 Å². The van der Waals surface area contributed by atoms with E-state index in [1.54, 1.807) is 24.3 Å². The Morgan fingerprint density at radius 1 is 1.14 bits per heavy atom. The number of β-amino-alcohol motifs (C(OH)–C–C–N with tert-alkyl or cyclic N) is 1. The molecule has 2 heterocycles. The second-order valence-electron chi connectivity index (χ2n) is 11.0. The number of fused-ring (bicyclic) bond motifs is 1. The lowest BCUT2D eigenvalue weighted by Crippen LogP contribution is -2.43. The van der Waals surface area contributed by atoms with Crippen molar-refractivity contribution in [2.75, 3.05) is 56.3 Å². The Bertz CT molecular complexity index is 1590. The molecule has 0 spiro atoms. The standard InChI is InChI=1S/C31H39F3N4O5S/c1-3-16-43-30-18-25(44(2,41)42)9-10-28(30)35-13-5-6-23-17-26-27(7-4-8-29(26)38(23)21-31(32,33)34)36-22-11-14-37(15-12-22)19-24(40)20-39/h4,7-10,17-18,22,24,35-36,39-40H,3,11-16,19-21H2,1-2H3. The maximum Gasteiger partial charge on any atom is 0.406 e. The fourth-order valence-corrected chi connectivity index (χ4v) is 5.82. The predicted octanol–water partition coefficient (Wildman–Crippen LogP) is 4.09. The first-order chi connectivity index (χ1) is 20.9. The van der Waals surface area contributed by atoms with Gasteiger partial charge in [-0.25, -0.2) is 8.42 Å². The van der Waals surface area contributed by atoms with Gasteiger partial charge in [-0.15, -0.1) is 0 Å². The summed E-state index contributed by atoms with van der Waals surface area (Å²) in [5, 5.41) is 26.0. The van der Waals surface area contributed by atoms with Crippen LogP contribution in [0.25, 0.3) is 10.9 Å². The van der Waals surface area contributed by atoms with Crippen molar-refractivity contribution in [1.29, 1.82) is 0 Å². The Hall–Kier alpha value is -3.44. The van der Waals surface area contributed by atoms with E-state index in [1.807, 2.05) is 13.0 Å². The van der Waals surface area contributed by atoms with Gasteiger partial charge in [-0.05, 0) is 55.5 Å². The number of hydrogen-bond donors (Lipinski definition) is 4. The number of alkyl halides is 3. The van der Waals surface area contributed by atoms with E-state index >= 15 is 0 Å². The molecule has 1 saturated heterocycles. The number of likely N-dealkylation sites (tertiary alicyclic amines) is 1. The van der Waals surface area contributed by atoms with Crippen LogP contribution in [0.4, 0.5) is 24.5 Å². The van der Waals surface area contributed by atoms with Crippen LogP contribution in [0.5, 0.6) is 5.75 Å². The van der Waals surface area contributed by atoms with E-state index in [0.717, 1.165) is 44.3 Å². The van der Waals surface area contributed by atoms with Gasteiger partial charge >= 0.3 is 6.18 Å². The van der Waals surface area contributed by atoms with Crippen molar-refractivity contribution in [2.45, 2.75) is 55.9 Å². The average molecular weight is 637 g/mol. The summed E-state index contributed by atoms with van der Waals surface area (Å²) in [7, 11) is -3.44. The van der Waals surface area contributed by atoms with Crippen LogP contribution in [0.15, 0.2) is 47.4 Å². The number of piperidine rings is 1. The number of aliphatic hydroxyl groups is 2. The number of sulfone groups is 1. The van der Waals surface area contributed by atoms with Gasteiger partial charge in [0.05, 0.1) is 47.7 Å². The van der Waals surface area contributed by atoms with Crippen molar-refractivity contribution >= 4 is 32.1 Å². The van der Waals surface area contributed by atoms with Crippen LogP contribution in [0.2, 0.25) is 0 Å². The number of nitrogens with one attached hydrogen (secondary N) is 2. The Labute approximate surface area is 255 Å². The first-order valence-electron chi connectivity index (χ1n) is 14.5. The lowest BCUT2D eigenvalue weighted by atomic mass is 10.0. The quantitative estimate of drug-likeness (QED) is 0.220. The van der Waals surface area contributed by atoms with Crippen molar-refractivity contribution in [3.8, 4) is 17.6 Å². The molecule has 2 aromatic carbocycles. The molecule has 9 nitrogen and oxygen atoms in total. The Kier molecular flexibility index (Phi) is 11.1. The highest BCUT2D eigenvalue weighted by Crippen LogP contribution is 2.32. The monoisotopic (exact) mass is 636 g/mol. The number of ether oxygens (including phenoxy) is 1. The summed E-state index contributed by atoms with van der Waals surface area (Å²) in [4.78, 5) is 2.20. The van der Waals surface area contributed by atoms with Gasteiger partial charge in [0.1, 0.15) is 12.3 Å². The molecule has 4 rings (SSSR count). The second kappa shape index (κ2) is 14.6. The first-order valence-corrected chi connectivity index (χ1v) is 16.4. The Morgan fingerprint density at radius 2 is 1.89 bits per heavy atom. The molecule has 1 aliphatic heterocycles. The highest BCUT2D eigenvalue weighted by molar-refractivity contribution is 7.90. The average Bonchev–Trinajstić information content (AvgIpc) is 3.31. The largest absolute Gasteiger partial charge is 0.491 e. The number of benzene rings is 2. The van der Waals surface area contributed by atoms with E-state index in [4.69, 9.17) is 9.84 Å². The summed E-state index contributed by atoms with van der Waals surface area (Å²) in [6.07, 6.45) is -1.84.